The molecule has 0 spiro atoms. The molecule has 1 aromatic rings. The number of unbranched alkanes of at least 4 members (excludes halogenated alkanes) is 1. The number of carboxylic acids is 1. The van der Waals surface area contributed by atoms with Crippen LogP contribution in [0.25, 0.3) is 0 Å². The summed E-state index contributed by atoms with van der Waals surface area (Å²) in [5, 5.41) is 11.9. The van der Waals surface area contributed by atoms with Crippen LogP contribution < -0.4 is 10.1 Å². The van der Waals surface area contributed by atoms with Gasteiger partial charge in [0.05, 0.1) is 18.9 Å². The van der Waals surface area contributed by atoms with E-state index in [0.717, 1.165) is 25.0 Å². The van der Waals surface area contributed by atoms with Crippen LogP contribution >= 0.6 is 0 Å². The lowest BCUT2D eigenvalue weighted by Crippen LogP contribution is -2.49. The zero-order valence-electron chi connectivity index (χ0n) is 16.4. The van der Waals surface area contributed by atoms with Crippen molar-refractivity contribution in [2.75, 3.05) is 19.7 Å². The minimum absolute atomic E-state index is 0.0470. The highest BCUT2D eigenvalue weighted by molar-refractivity contribution is 5.86. The van der Waals surface area contributed by atoms with Gasteiger partial charge in [-0.25, -0.2) is 4.79 Å². The molecule has 1 aromatic carbocycles. The second kappa shape index (κ2) is 11.3. The minimum atomic E-state index is -1.01. The van der Waals surface area contributed by atoms with E-state index in [2.05, 4.69) is 5.32 Å². The molecule has 154 valence electrons. The SMILES string of the molecule is CCCCC(NC(=O)C1CCCN(C(=O)CCOc2ccccc2)C1)C(=O)O. The van der Waals surface area contributed by atoms with Crippen molar-refractivity contribution < 1.29 is 24.2 Å². The van der Waals surface area contributed by atoms with Gasteiger partial charge in [-0.05, 0) is 31.4 Å². The van der Waals surface area contributed by atoms with E-state index in [4.69, 9.17) is 4.74 Å². The Bertz CT molecular complexity index is 649. The van der Waals surface area contributed by atoms with Crippen LogP contribution in [-0.4, -0.2) is 53.5 Å². The Kier molecular flexibility index (Phi) is 8.78. The van der Waals surface area contributed by atoms with E-state index in [1.807, 2.05) is 37.3 Å². The van der Waals surface area contributed by atoms with Gasteiger partial charge in [0.2, 0.25) is 11.8 Å². The molecule has 2 N–H and O–H groups in total. The van der Waals surface area contributed by atoms with E-state index >= 15 is 0 Å². The molecule has 1 heterocycles. The third kappa shape index (κ3) is 6.87. The van der Waals surface area contributed by atoms with Crippen LogP contribution in [0.3, 0.4) is 0 Å². The number of amides is 2. The van der Waals surface area contributed by atoms with Gasteiger partial charge in [0.15, 0.2) is 0 Å². The number of para-hydroxylation sites is 1. The molecule has 2 rings (SSSR count). The summed E-state index contributed by atoms with van der Waals surface area (Å²) in [6.45, 7) is 3.21. The number of nitrogens with zero attached hydrogens (tertiary/aromatic N) is 1. The zero-order chi connectivity index (χ0) is 20.4. The number of benzene rings is 1. The lowest BCUT2D eigenvalue weighted by molar-refractivity contribution is -0.144. The number of nitrogens with one attached hydrogen (secondary N) is 1. The predicted octanol–water partition coefficient (Wildman–Crippen LogP) is 2.45. The Morgan fingerprint density at radius 1 is 1.29 bits per heavy atom. The quantitative estimate of drug-likeness (QED) is 0.640. The Morgan fingerprint density at radius 3 is 2.71 bits per heavy atom. The first-order valence-electron chi connectivity index (χ1n) is 10.00. The number of carbonyl (C=O) groups is 3. The fourth-order valence-electron chi connectivity index (χ4n) is 3.30. The van der Waals surface area contributed by atoms with E-state index in [-0.39, 0.29) is 30.8 Å². The molecule has 7 heteroatoms. The van der Waals surface area contributed by atoms with Gasteiger partial charge in [0, 0.05) is 13.1 Å². The molecule has 1 aliphatic rings. The van der Waals surface area contributed by atoms with Crippen LogP contribution in [0.1, 0.15) is 45.4 Å². The Morgan fingerprint density at radius 2 is 2.04 bits per heavy atom. The Hall–Kier alpha value is -2.57. The van der Waals surface area contributed by atoms with Crippen LogP contribution in [0.15, 0.2) is 30.3 Å². The van der Waals surface area contributed by atoms with Gasteiger partial charge in [-0.2, -0.15) is 0 Å². The number of hydrogen-bond acceptors (Lipinski definition) is 4. The maximum atomic E-state index is 12.5. The van der Waals surface area contributed by atoms with Crippen molar-refractivity contribution in [3.8, 4) is 5.75 Å². The summed E-state index contributed by atoms with van der Waals surface area (Å²) in [6.07, 6.45) is 3.68. The molecule has 0 bridgehead atoms. The lowest BCUT2D eigenvalue weighted by Gasteiger charge is -2.32. The maximum Gasteiger partial charge on any atom is 0.326 e. The number of aliphatic carboxylic acids is 1. The highest BCUT2D eigenvalue weighted by Gasteiger charge is 2.30. The molecule has 1 aliphatic heterocycles. The van der Waals surface area contributed by atoms with Crippen LogP contribution in [-0.2, 0) is 14.4 Å². The molecule has 0 radical (unpaired) electrons. The zero-order valence-corrected chi connectivity index (χ0v) is 16.4. The number of rotatable bonds is 10. The number of carboxylic acid groups (broad SMARTS) is 1. The third-order valence-corrected chi connectivity index (χ3v) is 4.93. The van der Waals surface area contributed by atoms with Crippen molar-refractivity contribution in [2.24, 2.45) is 5.92 Å². The van der Waals surface area contributed by atoms with Gasteiger partial charge in [-0.15, -0.1) is 0 Å². The molecule has 2 atom stereocenters. The summed E-state index contributed by atoms with van der Waals surface area (Å²) in [5.41, 5.74) is 0. The standard InChI is InChI=1S/C21H30N2O5/c1-2-3-11-18(21(26)27)22-20(25)16-8-7-13-23(15-16)19(24)12-14-28-17-9-5-4-6-10-17/h4-6,9-10,16,18H,2-3,7-8,11-15H2,1H3,(H,22,25)(H,26,27). The van der Waals surface area contributed by atoms with Crippen molar-refractivity contribution in [3.63, 3.8) is 0 Å². The molecule has 1 saturated heterocycles. The minimum Gasteiger partial charge on any atom is -0.493 e. The number of ether oxygens (including phenoxy) is 1. The normalized spacial score (nSPS) is 17.6. The first kappa shape index (κ1) is 21.7. The van der Waals surface area contributed by atoms with Crippen molar-refractivity contribution in [2.45, 2.75) is 51.5 Å². The predicted molar refractivity (Wildman–Crippen MR) is 105 cm³/mol. The van der Waals surface area contributed by atoms with Gasteiger partial charge >= 0.3 is 5.97 Å². The van der Waals surface area contributed by atoms with E-state index in [1.165, 1.54) is 0 Å². The smallest absolute Gasteiger partial charge is 0.326 e. The summed E-state index contributed by atoms with van der Waals surface area (Å²) in [5.74, 6) is -0.978. The van der Waals surface area contributed by atoms with Gasteiger partial charge in [-0.1, -0.05) is 38.0 Å². The van der Waals surface area contributed by atoms with Crippen LogP contribution in [0.4, 0.5) is 0 Å². The van der Waals surface area contributed by atoms with Crippen LogP contribution in [0.2, 0.25) is 0 Å². The molecule has 0 saturated carbocycles. The average molecular weight is 390 g/mol. The lowest BCUT2D eigenvalue weighted by atomic mass is 9.96. The highest BCUT2D eigenvalue weighted by atomic mass is 16.5. The number of likely N-dealkylation sites (tertiary alicyclic amines) is 1. The van der Waals surface area contributed by atoms with Crippen molar-refractivity contribution in [1.29, 1.82) is 0 Å². The van der Waals surface area contributed by atoms with Crippen molar-refractivity contribution in [1.82, 2.24) is 10.2 Å². The molecule has 2 unspecified atom stereocenters. The molecule has 1 fully saturated rings. The van der Waals surface area contributed by atoms with Crippen molar-refractivity contribution >= 4 is 17.8 Å². The Labute approximate surface area is 166 Å². The maximum absolute atomic E-state index is 12.5. The molecule has 2 amide bonds. The van der Waals surface area contributed by atoms with E-state index in [0.29, 0.717) is 25.9 Å². The highest BCUT2D eigenvalue weighted by Crippen LogP contribution is 2.18. The van der Waals surface area contributed by atoms with E-state index in [9.17, 15) is 19.5 Å². The second-order valence-electron chi connectivity index (χ2n) is 7.13. The van der Waals surface area contributed by atoms with E-state index < -0.39 is 12.0 Å². The number of hydrogen-bond donors (Lipinski definition) is 2. The fraction of sp³-hybridized carbons (Fsp3) is 0.571. The van der Waals surface area contributed by atoms with E-state index in [1.54, 1.807) is 4.90 Å². The van der Waals surface area contributed by atoms with Gasteiger partial charge in [0.1, 0.15) is 11.8 Å². The average Bonchev–Trinajstić information content (AvgIpc) is 2.71. The summed E-state index contributed by atoms with van der Waals surface area (Å²) in [7, 11) is 0. The monoisotopic (exact) mass is 390 g/mol. The van der Waals surface area contributed by atoms with Crippen molar-refractivity contribution in [3.05, 3.63) is 30.3 Å². The first-order chi connectivity index (χ1) is 13.5. The second-order valence-corrected chi connectivity index (χ2v) is 7.13. The summed E-state index contributed by atoms with van der Waals surface area (Å²) >= 11 is 0. The molecular weight excluding hydrogens is 360 g/mol. The third-order valence-electron chi connectivity index (χ3n) is 4.93. The topological polar surface area (TPSA) is 95.9 Å². The van der Waals surface area contributed by atoms with Gasteiger partial charge in [-0.3, -0.25) is 9.59 Å². The van der Waals surface area contributed by atoms with Crippen LogP contribution in [0.5, 0.6) is 5.75 Å². The Balaban J connectivity index is 1.80. The van der Waals surface area contributed by atoms with Gasteiger partial charge in [0.25, 0.3) is 0 Å². The number of piperidine rings is 1. The summed E-state index contributed by atoms with van der Waals surface area (Å²) < 4.78 is 5.57. The molecular formula is C21H30N2O5. The fourth-order valence-corrected chi connectivity index (χ4v) is 3.30. The number of carbonyl (C=O) groups excluding carboxylic acids is 2. The molecule has 7 nitrogen and oxygen atoms in total. The largest absolute Gasteiger partial charge is 0.493 e. The molecule has 0 aromatic heterocycles. The van der Waals surface area contributed by atoms with Crippen LogP contribution in [0, 0.1) is 5.92 Å². The summed E-state index contributed by atoms with van der Waals surface area (Å²) in [4.78, 5) is 38.0. The first-order valence-corrected chi connectivity index (χ1v) is 10.00. The van der Waals surface area contributed by atoms with Gasteiger partial charge < -0.3 is 20.1 Å². The molecule has 28 heavy (non-hydrogen) atoms. The molecule has 0 aliphatic carbocycles. The summed E-state index contributed by atoms with van der Waals surface area (Å²) in [6, 6.07) is 8.45.